The topological polar surface area (TPSA) is 99.6 Å². The average Bonchev–Trinajstić information content (AvgIpc) is 3.22. The molecule has 0 saturated carbocycles. The first-order valence-electron chi connectivity index (χ1n) is 9.98. The van der Waals surface area contributed by atoms with E-state index < -0.39 is 0 Å². The molecule has 0 aliphatic carbocycles. The minimum Gasteiger partial charge on any atom is -0.507 e. The van der Waals surface area contributed by atoms with Gasteiger partial charge in [-0.2, -0.15) is 5.10 Å². The minimum absolute atomic E-state index is 0.138. The second-order valence-electron chi connectivity index (χ2n) is 6.95. The van der Waals surface area contributed by atoms with Crippen molar-refractivity contribution >= 4 is 23.2 Å². The van der Waals surface area contributed by atoms with Crippen LogP contribution in [0.4, 0.5) is 0 Å². The van der Waals surface area contributed by atoms with E-state index in [1.807, 2.05) is 30.3 Å². The third-order valence-corrected chi connectivity index (χ3v) is 4.64. The number of phenolic OH excluding ortho intramolecular Hbond substituents is 1. The lowest BCUT2D eigenvalue weighted by atomic mass is 10.2. The highest BCUT2D eigenvalue weighted by atomic mass is 16.5. The summed E-state index contributed by atoms with van der Waals surface area (Å²) in [6.45, 7) is 2.74. The number of H-pyrrole nitrogens is 1. The number of para-hydroxylation sites is 1. The van der Waals surface area contributed by atoms with Gasteiger partial charge in [-0.25, -0.2) is 10.4 Å². The fraction of sp³-hybridized carbons (Fsp3) is 0.125. The molecule has 0 unspecified atom stereocenters. The summed E-state index contributed by atoms with van der Waals surface area (Å²) in [5, 5.41) is 14.1. The average molecular weight is 414 g/mol. The Kier molecular flexibility index (Phi) is 5.93. The van der Waals surface area contributed by atoms with Crippen LogP contribution in [0.3, 0.4) is 0 Å². The molecule has 0 aliphatic rings. The van der Waals surface area contributed by atoms with Crippen molar-refractivity contribution < 1.29 is 14.6 Å². The third-order valence-electron chi connectivity index (χ3n) is 4.64. The molecule has 156 valence electrons. The Balaban J connectivity index is 1.44. The molecule has 3 N–H and O–H groups in total. The van der Waals surface area contributed by atoms with Crippen molar-refractivity contribution in [1.29, 1.82) is 0 Å². The number of nitrogens with one attached hydrogen (secondary N) is 2. The smallest absolute Gasteiger partial charge is 0.271 e. The highest BCUT2D eigenvalue weighted by molar-refractivity contribution is 5.98. The minimum atomic E-state index is -0.334. The molecule has 7 heteroatoms. The number of benzene rings is 3. The number of carbonyl (C=O) groups is 1. The summed E-state index contributed by atoms with van der Waals surface area (Å²) in [4.78, 5) is 20.1. The molecule has 1 amide bonds. The molecule has 3 aromatic carbocycles. The van der Waals surface area contributed by atoms with Crippen LogP contribution in [0, 0.1) is 0 Å². The molecule has 0 saturated heterocycles. The van der Waals surface area contributed by atoms with Gasteiger partial charge in [0.15, 0.2) is 0 Å². The lowest BCUT2D eigenvalue weighted by Gasteiger charge is -2.04. The standard InChI is InChI=1S/C24H22N4O3/c1-2-13-31-18-10-7-16(8-11-18)15-25-28-24(30)17-9-12-20-21(14-17)27-23(26-20)19-5-3-4-6-22(19)29/h3-12,14-15,29H,2,13H2,1H3,(H,26,27)(H,28,30)/b25-15+. The molecular weight excluding hydrogens is 392 g/mol. The van der Waals surface area contributed by atoms with E-state index in [-0.39, 0.29) is 11.7 Å². The van der Waals surface area contributed by atoms with Crippen LogP contribution in [0.2, 0.25) is 0 Å². The number of phenols is 1. The highest BCUT2D eigenvalue weighted by Gasteiger charge is 2.11. The number of ether oxygens (including phenoxy) is 1. The molecule has 0 spiro atoms. The van der Waals surface area contributed by atoms with Crippen molar-refractivity contribution in [3.8, 4) is 22.9 Å². The Morgan fingerprint density at radius 1 is 1.16 bits per heavy atom. The first-order chi connectivity index (χ1) is 15.1. The Morgan fingerprint density at radius 2 is 1.97 bits per heavy atom. The molecule has 7 nitrogen and oxygen atoms in total. The normalized spacial score (nSPS) is 11.1. The number of hydrogen-bond acceptors (Lipinski definition) is 5. The van der Waals surface area contributed by atoms with Gasteiger partial charge >= 0.3 is 0 Å². The van der Waals surface area contributed by atoms with E-state index in [1.54, 1.807) is 42.6 Å². The Morgan fingerprint density at radius 3 is 2.74 bits per heavy atom. The maximum atomic E-state index is 12.5. The van der Waals surface area contributed by atoms with Crippen molar-refractivity contribution in [3.05, 3.63) is 77.9 Å². The summed E-state index contributed by atoms with van der Waals surface area (Å²) < 4.78 is 5.55. The van der Waals surface area contributed by atoms with Crippen LogP contribution in [-0.4, -0.2) is 33.8 Å². The number of imidazole rings is 1. The molecular formula is C24H22N4O3. The fourth-order valence-corrected chi connectivity index (χ4v) is 3.05. The molecule has 1 heterocycles. The second kappa shape index (κ2) is 9.13. The molecule has 0 radical (unpaired) electrons. The quantitative estimate of drug-likeness (QED) is 0.306. The van der Waals surface area contributed by atoms with Crippen molar-refractivity contribution in [2.75, 3.05) is 6.61 Å². The van der Waals surface area contributed by atoms with Crippen molar-refractivity contribution in [2.24, 2.45) is 5.10 Å². The van der Waals surface area contributed by atoms with Gasteiger partial charge in [0.1, 0.15) is 17.3 Å². The monoisotopic (exact) mass is 414 g/mol. The number of nitrogens with zero attached hydrogens (tertiary/aromatic N) is 2. The Bertz CT molecular complexity index is 1230. The molecule has 0 bridgehead atoms. The second-order valence-corrected chi connectivity index (χ2v) is 6.95. The number of hydrogen-bond donors (Lipinski definition) is 3. The van der Waals surface area contributed by atoms with Crippen molar-refractivity contribution in [3.63, 3.8) is 0 Å². The summed E-state index contributed by atoms with van der Waals surface area (Å²) >= 11 is 0. The lowest BCUT2D eigenvalue weighted by Crippen LogP contribution is -2.17. The molecule has 31 heavy (non-hydrogen) atoms. The van der Waals surface area contributed by atoms with Gasteiger partial charge in [-0.15, -0.1) is 0 Å². The van der Waals surface area contributed by atoms with E-state index in [0.29, 0.717) is 34.6 Å². The number of aromatic amines is 1. The summed E-state index contributed by atoms with van der Waals surface area (Å²) in [7, 11) is 0. The predicted molar refractivity (Wildman–Crippen MR) is 120 cm³/mol. The zero-order valence-electron chi connectivity index (χ0n) is 17.0. The van der Waals surface area contributed by atoms with Crippen LogP contribution in [0.5, 0.6) is 11.5 Å². The number of rotatable bonds is 7. The van der Waals surface area contributed by atoms with Crippen LogP contribution in [0.15, 0.2) is 71.8 Å². The van der Waals surface area contributed by atoms with Crippen LogP contribution < -0.4 is 10.2 Å². The maximum absolute atomic E-state index is 12.5. The largest absolute Gasteiger partial charge is 0.507 e. The third kappa shape index (κ3) is 4.72. The molecule has 4 aromatic rings. The van der Waals surface area contributed by atoms with Gasteiger partial charge < -0.3 is 14.8 Å². The SMILES string of the molecule is CCCOc1ccc(/C=N/NC(=O)c2ccc3nc(-c4ccccc4O)[nH]c3c2)cc1. The molecule has 0 fully saturated rings. The number of aromatic nitrogens is 2. The first kappa shape index (κ1) is 20.2. The number of aromatic hydroxyl groups is 1. The van der Waals surface area contributed by atoms with Gasteiger partial charge in [-0.1, -0.05) is 19.1 Å². The fourth-order valence-electron chi connectivity index (χ4n) is 3.05. The highest BCUT2D eigenvalue weighted by Crippen LogP contribution is 2.28. The lowest BCUT2D eigenvalue weighted by molar-refractivity contribution is 0.0955. The van der Waals surface area contributed by atoms with Crippen LogP contribution in [-0.2, 0) is 0 Å². The Labute approximate surface area is 179 Å². The molecule has 1 aromatic heterocycles. The van der Waals surface area contributed by atoms with Gasteiger partial charge in [-0.05, 0) is 66.6 Å². The van der Waals surface area contributed by atoms with Gasteiger partial charge in [0.25, 0.3) is 5.91 Å². The van der Waals surface area contributed by atoms with E-state index >= 15 is 0 Å². The summed E-state index contributed by atoms with van der Waals surface area (Å²) in [5.41, 5.74) is 5.81. The predicted octanol–water partition coefficient (Wildman–Crippen LogP) is 4.49. The van der Waals surface area contributed by atoms with E-state index in [1.165, 1.54) is 0 Å². The van der Waals surface area contributed by atoms with Gasteiger partial charge in [0.2, 0.25) is 0 Å². The number of fused-ring (bicyclic) bond motifs is 1. The zero-order chi connectivity index (χ0) is 21.6. The summed E-state index contributed by atoms with van der Waals surface area (Å²) in [6.07, 6.45) is 2.53. The van der Waals surface area contributed by atoms with E-state index in [4.69, 9.17) is 4.74 Å². The maximum Gasteiger partial charge on any atom is 0.271 e. The summed E-state index contributed by atoms with van der Waals surface area (Å²) in [6, 6.07) is 19.6. The first-order valence-corrected chi connectivity index (χ1v) is 9.98. The van der Waals surface area contributed by atoms with Crippen LogP contribution >= 0.6 is 0 Å². The van der Waals surface area contributed by atoms with Crippen molar-refractivity contribution in [2.45, 2.75) is 13.3 Å². The molecule has 0 aliphatic heterocycles. The van der Waals surface area contributed by atoms with E-state index in [9.17, 15) is 9.90 Å². The molecule has 4 rings (SSSR count). The number of amides is 1. The van der Waals surface area contributed by atoms with Crippen molar-refractivity contribution in [1.82, 2.24) is 15.4 Å². The number of hydrazone groups is 1. The molecule has 0 atom stereocenters. The van der Waals surface area contributed by atoms with Crippen LogP contribution in [0.25, 0.3) is 22.4 Å². The summed E-state index contributed by atoms with van der Waals surface area (Å²) in [5.74, 6) is 1.15. The number of carbonyl (C=O) groups excluding carboxylic acids is 1. The van der Waals surface area contributed by atoms with E-state index in [2.05, 4.69) is 27.4 Å². The van der Waals surface area contributed by atoms with Gasteiger partial charge in [-0.3, -0.25) is 4.79 Å². The Hall–Kier alpha value is -4.13. The van der Waals surface area contributed by atoms with Crippen LogP contribution in [0.1, 0.15) is 29.3 Å². The van der Waals surface area contributed by atoms with Gasteiger partial charge in [0.05, 0.1) is 29.4 Å². The zero-order valence-corrected chi connectivity index (χ0v) is 17.0. The van der Waals surface area contributed by atoms with E-state index in [0.717, 1.165) is 17.7 Å². The van der Waals surface area contributed by atoms with Gasteiger partial charge in [0, 0.05) is 5.56 Å².